The molecule has 112 valence electrons. The first-order valence-electron chi connectivity index (χ1n) is 6.87. The van der Waals surface area contributed by atoms with Crippen LogP contribution in [0.15, 0.2) is 17.1 Å². The number of aliphatic hydroxyl groups excluding tert-OH is 1. The predicted octanol–water partition coefficient (Wildman–Crippen LogP) is -0.822. The summed E-state index contributed by atoms with van der Waals surface area (Å²) in [4.78, 5) is 14.1. The normalized spacial score (nSPS) is 18.2. The maximum atomic E-state index is 12.0. The Morgan fingerprint density at radius 1 is 1.55 bits per heavy atom. The van der Waals surface area contributed by atoms with Gasteiger partial charge in [0.25, 0.3) is 5.56 Å². The van der Waals surface area contributed by atoms with Crippen molar-refractivity contribution in [3.63, 3.8) is 0 Å². The number of hydrogen-bond acceptors (Lipinski definition) is 6. The highest BCUT2D eigenvalue weighted by atomic mass is 16.5. The van der Waals surface area contributed by atoms with Crippen LogP contribution in [0, 0.1) is 0 Å². The van der Waals surface area contributed by atoms with Crippen LogP contribution >= 0.6 is 0 Å². The van der Waals surface area contributed by atoms with Gasteiger partial charge in [0, 0.05) is 32.8 Å². The SMILES string of the molecule is COC1CCN(c2cnn(CC(O)CN)c(=O)c2)CC1. The number of nitrogens with two attached hydrogens (primary N) is 1. The molecule has 1 atom stereocenters. The maximum absolute atomic E-state index is 12.0. The second-order valence-electron chi connectivity index (χ2n) is 5.05. The lowest BCUT2D eigenvalue weighted by molar-refractivity contribution is 0.0819. The summed E-state index contributed by atoms with van der Waals surface area (Å²) < 4.78 is 6.57. The molecule has 20 heavy (non-hydrogen) atoms. The van der Waals surface area contributed by atoms with Crippen LogP contribution in [-0.2, 0) is 11.3 Å². The van der Waals surface area contributed by atoms with Crippen molar-refractivity contribution in [1.82, 2.24) is 9.78 Å². The van der Waals surface area contributed by atoms with Gasteiger partial charge in [0.1, 0.15) is 0 Å². The molecule has 1 fully saturated rings. The van der Waals surface area contributed by atoms with Crippen LogP contribution in [0.5, 0.6) is 0 Å². The summed E-state index contributed by atoms with van der Waals surface area (Å²) in [6.07, 6.45) is 3.12. The second kappa shape index (κ2) is 6.83. The lowest BCUT2D eigenvalue weighted by Crippen LogP contribution is -2.38. The van der Waals surface area contributed by atoms with Crippen molar-refractivity contribution < 1.29 is 9.84 Å². The van der Waals surface area contributed by atoms with Gasteiger partial charge in [-0.1, -0.05) is 0 Å². The number of ether oxygens (including phenoxy) is 1. The van der Waals surface area contributed by atoms with Gasteiger partial charge in [-0.3, -0.25) is 4.79 Å². The Kier molecular flexibility index (Phi) is 5.11. The first-order valence-corrected chi connectivity index (χ1v) is 6.87. The topological polar surface area (TPSA) is 93.6 Å². The molecule has 0 bridgehead atoms. The fourth-order valence-corrected chi connectivity index (χ4v) is 2.36. The molecule has 3 N–H and O–H groups in total. The number of rotatable bonds is 5. The van der Waals surface area contributed by atoms with Gasteiger partial charge < -0.3 is 20.5 Å². The molecule has 2 heterocycles. The second-order valence-corrected chi connectivity index (χ2v) is 5.05. The number of methoxy groups -OCH3 is 1. The zero-order valence-electron chi connectivity index (χ0n) is 11.7. The third kappa shape index (κ3) is 3.56. The van der Waals surface area contributed by atoms with Crippen molar-refractivity contribution >= 4 is 5.69 Å². The molecule has 7 heteroatoms. The molecule has 1 aromatic heterocycles. The summed E-state index contributed by atoms with van der Waals surface area (Å²) in [6.45, 7) is 1.95. The summed E-state index contributed by atoms with van der Waals surface area (Å²) in [7, 11) is 1.73. The number of aromatic nitrogens is 2. The van der Waals surface area contributed by atoms with Crippen molar-refractivity contribution in [2.75, 3.05) is 31.6 Å². The molecule has 0 saturated carbocycles. The molecular formula is C13H22N4O3. The molecule has 7 nitrogen and oxygen atoms in total. The van der Waals surface area contributed by atoms with Gasteiger partial charge in [0.15, 0.2) is 0 Å². The Hall–Kier alpha value is -1.44. The summed E-state index contributed by atoms with van der Waals surface area (Å²) >= 11 is 0. The molecule has 0 aromatic carbocycles. The van der Waals surface area contributed by atoms with Gasteiger partial charge in [-0.15, -0.1) is 0 Å². The molecular weight excluding hydrogens is 260 g/mol. The molecule has 0 radical (unpaired) electrons. The number of hydrogen-bond donors (Lipinski definition) is 2. The molecule has 1 saturated heterocycles. The monoisotopic (exact) mass is 282 g/mol. The van der Waals surface area contributed by atoms with E-state index in [0.717, 1.165) is 31.6 Å². The molecule has 0 spiro atoms. The molecule has 1 unspecified atom stereocenters. The smallest absolute Gasteiger partial charge is 0.268 e. The van der Waals surface area contributed by atoms with Crippen LogP contribution in [-0.4, -0.2) is 53.8 Å². The Morgan fingerprint density at radius 2 is 2.25 bits per heavy atom. The van der Waals surface area contributed by atoms with E-state index >= 15 is 0 Å². The standard InChI is InChI=1S/C13H22N4O3/c1-20-12-2-4-16(5-3-12)10-6-13(19)17(15-8-10)9-11(18)7-14/h6,8,11-12,18H,2-5,7,9,14H2,1H3. The van der Waals surface area contributed by atoms with E-state index in [4.69, 9.17) is 10.5 Å². The van der Waals surface area contributed by atoms with Crippen LogP contribution in [0.3, 0.4) is 0 Å². The molecule has 0 amide bonds. The van der Waals surface area contributed by atoms with Crippen LogP contribution in [0.2, 0.25) is 0 Å². The van der Waals surface area contributed by atoms with Gasteiger partial charge in [0.2, 0.25) is 0 Å². The Balaban J connectivity index is 2.04. The minimum absolute atomic E-state index is 0.112. The number of anilines is 1. The fraction of sp³-hybridized carbons (Fsp3) is 0.692. The van der Waals surface area contributed by atoms with Crippen molar-refractivity contribution in [3.05, 3.63) is 22.6 Å². The number of nitrogens with zero attached hydrogens (tertiary/aromatic N) is 3. The van der Waals surface area contributed by atoms with Crippen molar-refractivity contribution in [2.24, 2.45) is 5.73 Å². The molecule has 0 aliphatic carbocycles. The van der Waals surface area contributed by atoms with Crippen LogP contribution in [0.4, 0.5) is 5.69 Å². The van der Waals surface area contributed by atoms with E-state index in [1.807, 2.05) is 0 Å². The van der Waals surface area contributed by atoms with E-state index in [0.29, 0.717) is 6.10 Å². The summed E-state index contributed by atoms with van der Waals surface area (Å²) in [5, 5.41) is 13.6. The average molecular weight is 282 g/mol. The molecule has 1 aliphatic heterocycles. The van der Waals surface area contributed by atoms with E-state index in [-0.39, 0.29) is 18.6 Å². The van der Waals surface area contributed by atoms with Crippen LogP contribution in [0.1, 0.15) is 12.8 Å². The van der Waals surface area contributed by atoms with E-state index in [1.165, 1.54) is 4.68 Å². The summed E-state index contributed by atoms with van der Waals surface area (Å²) in [5.41, 5.74) is 5.93. The zero-order valence-corrected chi connectivity index (χ0v) is 11.7. The fourth-order valence-electron chi connectivity index (χ4n) is 2.36. The summed E-state index contributed by atoms with van der Waals surface area (Å²) in [5.74, 6) is 0. The quantitative estimate of drug-likeness (QED) is 0.733. The Morgan fingerprint density at radius 3 is 2.80 bits per heavy atom. The van der Waals surface area contributed by atoms with E-state index in [2.05, 4.69) is 10.00 Å². The third-order valence-electron chi connectivity index (χ3n) is 3.65. The van der Waals surface area contributed by atoms with Crippen molar-refractivity contribution in [3.8, 4) is 0 Å². The number of piperidine rings is 1. The van der Waals surface area contributed by atoms with Crippen LogP contribution in [0.25, 0.3) is 0 Å². The van der Waals surface area contributed by atoms with Gasteiger partial charge in [-0.2, -0.15) is 5.10 Å². The van der Waals surface area contributed by atoms with E-state index in [1.54, 1.807) is 19.4 Å². The first-order chi connectivity index (χ1) is 9.63. The minimum atomic E-state index is -0.747. The van der Waals surface area contributed by atoms with Gasteiger partial charge in [-0.25, -0.2) is 4.68 Å². The minimum Gasteiger partial charge on any atom is -0.390 e. The van der Waals surface area contributed by atoms with Gasteiger partial charge in [-0.05, 0) is 12.8 Å². The average Bonchev–Trinajstić information content (AvgIpc) is 2.49. The van der Waals surface area contributed by atoms with E-state index < -0.39 is 6.10 Å². The molecule has 2 rings (SSSR count). The first kappa shape index (κ1) is 15.0. The molecule has 1 aromatic rings. The summed E-state index contributed by atoms with van der Waals surface area (Å²) in [6, 6.07) is 1.56. The predicted molar refractivity (Wildman–Crippen MR) is 75.8 cm³/mol. The zero-order chi connectivity index (χ0) is 14.5. The maximum Gasteiger partial charge on any atom is 0.268 e. The van der Waals surface area contributed by atoms with Crippen LogP contribution < -0.4 is 16.2 Å². The van der Waals surface area contributed by atoms with Gasteiger partial charge >= 0.3 is 0 Å². The van der Waals surface area contributed by atoms with Crippen molar-refractivity contribution in [1.29, 1.82) is 0 Å². The highest BCUT2D eigenvalue weighted by molar-refractivity contribution is 5.43. The number of aliphatic hydroxyl groups is 1. The highest BCUT2D eigenvalue weighted by Gasteiger charge is 2.19. The lowest BCUT2D eigenvalue weighted by atomic mass is 10.1. The lowest BCUT2D eigenvalue weighted by Gasteiger charge is -2.32. The third-order valence-corrected chi connectivity index (χ3v) is 3.65. The molecule has 1 aliphatic rings. The van der Waals surface area contributed by atoms with E-state index in [9.17, 15) is 9.90 Å². The Labute approximate surface area is 117 Å². The van der Waals surface area contributed by atoms with Crippen molar-refractivity contribution in [2.45, 2.75) is 31.6 Å². The van der Waals surface area contributed by atoms with Gasteiger partial charge in [0.05, 0.1) is 30.6 Å². The largest absolute Gasteiger partial charge is 0.390 e. The Bertz CT molecular complexity index is 483. The highest BCUT2D eigenvalue weighted by Crippen LogP contribution is 2.18.